The molecule has 2 aliphatic heterocycles. The number of carbonyl (C=O) groups excluding carboxylic acids is 1. The Kier molecular flexibility index (Phi) is 4.99. The van der Waals surface area contributed by atoms with Crippen LogP contribution in [0.4, 0.5) is 0 Å². The number of carbonyl (C=O) groups is 1. The van der Waals surface area contributed by atoms with Gasteiger partial charge in [-0.1, -0.05) is 18.6 Å². The third-order valence-electron chi connectivity index (χ3n) is 5.30. The van der Waals surface area contributed by atoms with Crippen LogP contribution >= 0.6 is 0 Å². The summed E-state index contributed by atoms with van der Waals surface area (Å²) in [6.45, 7) is 3.28. The maximum atomic E-state index is 12.5. The zero-order valence-corrected chi connectivity index (χ0v) is 14.8. The Morgan fingerprint density at radius 2 is 2.00 bits per heavy atom. The van der Waals surface area contributed by atoms with Gasteiger partial charge in [-0.15, -0.1) is 0 Å². The van der Waals surface area contributed by atoms with E-state index in [0.29, 0.717) is 24.1 Å². The van der Waals surface area contributed by atoms with Gasteiger partial charge in [0.15, 0.2) is 0 Å². The molecule has 1 amide bonds. The number of piperidine rings is 1. The van der Waals surface area contributed by atoms with Crippen molar-refractivity contribution in [2.45, 2.75) is 37.9 Å². The molecule has 3 heterocycles. The maximum Gasteiger partial charge on any atom is 0.261 e. The molecule has 26 heavy (non-hydrogen) atoms. The van der Waals surface area contributed by atoms with Crippen LogP contribution in [0.1, 0.15) is 19.3 Å². The topological polar surface area (TPSA) is 76.5 Å². The maximum absolute atomic E-state index is 12.5. The average Bonchev–Trinajstić information content (AvgIpc) is 3.13. The summed E-state index contributed by atoms with van der Waals surface area (Å²) in [7, 11) is 0. The van der Waals surface area contributed by atoms with Gasteiger partial charge in [0.05, 0.1) is 42.5 Å². The minimum absolute atomic E-state index is 0.0234. The number of aromatic nitrogens is 2. The van der Waals surface area contributed by atoms with Crippen molar-refractivity contribution in [1.82, 2.24) is 19.8 Å². The number of hydrogen-bond donors (Lipinski definition) is 1. The highest BCUT2D eigenvalue weighted by molar-refractivity contribution is 5.79. The first-order valence-corrected chi connectivity index (χ1v) is 9.28. The third kappa shape index (κ3) is 3.50. The van der Waals surface area contributed by atoms with Crippen molar-refractivity contribution in [3.8, 4) is 0 Å². The van der Waals surface area contributed by atoms with Crippen molar-refractivity contribution in [3.63, 3.8) is 0 Å². The second-order valence-corrected chi connectivity index (χ2v) is 7.07. The number of likely N-dealkylation sites (tertiary alicyclic amines) is 1. The number of para-hydroxylation sites is 1. The van der Waals surface area contributed by atoms with Crippen molar-refractivity contribution in [2.24, 2.45) is 0 Å². The predicted octanol–water partition coefficient (Wildman–Crippen LogP) is 0.766. The molecule has 2 aliphatic rings. The van der Waals surface area contributed by atoms with Crippen LogP contribution < -0.4 is 10.9 Å². The molecule has 1 aromatic heterocycles. The summed E-state index contributed by atoms with van der Waals surface area (Å²) in [5.41, 5.74) is 0.449. The average molecular weight is 356 g/mol. The highest BCUT2D eigenvalue weighted by Gasteiger charge is 2.34. The second-order valence-electron chi connectivity index (χ2n) is 7.07. The van der Waals surface area contributed by atoms with Gasteiger partial charge in [-0.05, 0) is 38.1 Å². The van der Waals surface area contributed by atoms with E-state index in [9.17, 15) is 9.59 Å². The SMILES string of the molecule is O=C(Cn1cnc2ccccc2c1=O)N[C@@H]1COC[C@H]1N1CCCCC1. The van der Waals surface area contributed by atoms with Gasteiger partial charge < -0.3 is 10.1 Å². The number of ether oxygens (including phenoxy) is 1. The van der Waals surface area contributed by atoms with E-state index in [1.54, 1.807) is 18.2 Å². The third-order valence-corrected chi connectivity index (χ3v) is 5.30. The minimum Gasteiger partial charge on any atom is -0.378 e. The molecule has 138 valence electrons. The van der Waals surface area contributed by atoms with Crippen molar-refractivity contribution in [3.05, 3.63) is 40.9 Å². The molecule has 0 spiro atoms. The fraction of sp³-hybridized carbons (Fsp3) is 0.526. The Balaban J connectivity index is 1.43. The summed E-state index contributed by atoms with van der Waals surface area (Å²) in [6.07, 6.45) is 5.13. The van der Waals surface area contributed by atoms with Gasteiger partial charge in [0.1, 0.15) is 6.54 Å². The number of hydrogen-bond acceptors (Lipinski definition) is 5. The molecule has 7 nitrogen and oxygen atoms in total. The number of nitrogens with zero attached hydrogens (tertiary/aromatic N) is 3. The van der Waals surface area contributed by atoms with Crippen molar-refractivity contribution < 1.29 is 9.53 Å². The first-order chi connectivity index (χ1) is 12.7. The molecule has 4 rings (SSSR count). The van der Waals surface area contributed by atoms with E-state index in [2.05, 4.69) is 15.2 Å². The van der Waals surface area contributed by atoms with Crippen molar-refractivity contribution in [1.29, 1.82) is 0 Å². The second kappa shape index (κ2) is 7.55. The number of fused-ring (bicyclic) bond motifs is 1. The first kappa shape index (κ1) is 17.2. The summed E-state index contributed by atoms with van der Waals surface area (Å²) < 4.78 is 6.98. The fourth-order valence-electron chi connectivity index (χ4n) is 3.92. The summed E-state index contributed by atoms with van der Waals surface area (Å²) in [4.78, 5) is 31.7. The van der Waals surface area contributed by atoms with Crippen molar-refractivity contribution in [2.75, 3.05) is 26.3 Å². The van der Waals surface area contributed by atoms with Crippen LogP contribution in [-0.4, -0.2) is 58.7 Å². The Hall–Kier alpha value is -2.25. The standard InChI is InChI=1S/C19H24N4O3/c24-18(10-23-13-20-15-7-3-2-6-14(15)19(23)25)21-16-11-26-12-17(16)22-8-4-1-5-9-22/h2-3,6-7,13,16-17H,1,4-5,8-12H2,(H,21,24)/t16-,17-/m1/s1. The molecule has 7 heteroatoms. The highest BCUT2D eigenvalue weighted by Crippen LogP contribution is 2.19. The molecule has 0 saturated carbocycles. The van der Waals surface area contributed by atoms with Crippen LogP contribution in [0.25, 0.3) is 10.9 Å². The van der Waals surface area contributed by atoms with Gasteiger partial charge in [-0.25, -0.2) is 4.98 Å². The molecule has 2 aromatic rings. The molecule has 0 bridgehead atoms. The van der Waals surface area contributed by atoms with Gasteiger partial charge in [0, 0.05) is 0 Å². The highest BCUT2D eigenvalue weighted by atomic mass is 16.5. The van der Waals surface area contributed by atoms with Crippen LogP contribution in [0, 0.1) is 0 Å². The number of amides is 1. The lowest BCUT2D eigenvalue weighted by Gasteiger charge is -2.34. The number of nitrogens with one attached hydrogen (secondary N) is 1. The Morgan fingerprint density at radius 3 is 2.85 bits per heavy atom. The van der Waals surface area contributed by atoms with E-state index in [-0.39, 0.29) is 30.1 Å². The van der Waals surface area contributed by atoms with E-state index in [1.165, 1.54) is 30.2 Å². The summed E-state index contributed by atoms with van der Waals surface area (Å²) in [6, 6.07) is 7.37. The van der Waals surface area contributed by atoms with Crippen LogP contribution in [0.5, 0.6) is 0 Å². The smallest absolute Gasteiger partial charge is 0.261 e. The predicted molar refractivity (Wildman–Crippen MR) is 98.0 cm³/mol. The lowest BCUT2D eigenvalue weighted by atomic mass is 10.0. The Labute approximate surface area is 152 Å². The lowest BCUT2D eigenvalue weighted by Crippen LogP contribution is -2.53. The fourth-order valence-corrected chi connectivity index (χ4v) is 3.92. The van der Waals surface area contributed by atoms with Gasteiger partial charge >= 0.3 is 0 Å². The van der Waals surface area contributed by atoms with E-state index >= 15 is 0 Å². The molecular weight excluding hydrogens is 332 g/mol. The van der Waals surface area contributed by atoms with E-state index in [1.807, 2.05) is 6.07 Å². The van der Waals surface area contributed by atoms with Crippen LogP contribution in [-0.2, 0) is 16.1 Å². The number of rotatable bonds is 4. The quantitative estimate of drug-likeness (QED) is 0.876. The normalized spacial score (nSPS) is 24.0. The molecule has 2 atom stereocenters. The van der Waals surface area contributed by atoms with Crippen molar-refractivity contribution >= 4 is 16.8 Å². The molecule has 2 fully saturated rings. The minimum atomic E-state index is -0.194. The monoisotopic (exact) mass is 356 g/mol. The molecule has 2 saturated heterocycles. The van der Waals surface area contributed by atoms with E-state index in [4.69, 9.17) is 4.74 Å². The van der Waals surface area contributed by atoms with E-state index in [0.717, 1.165) is 13.1 Å². The van der Waals surface area contributed by atoms with E-state index < -0.39 is 0 Å². The van der Waals surface area contributed by atoms with Gasteiger partial charge in [-0.3, -0.25) is 19.1 Å². The summed E-state index contributed by atoms with van der Waals surface area (Å²) >= 11 is 0. The lowest BCUT2D eigenvalue weighted by molar-refractivity contribution is -0.122. The van der Waals surface area contributed by atoms with Gasteiger partial charge in [0.2, 0.25) is 5.91 Å². The molecule has 0 radical (unpaired) electrons. The largest absolute Gasteiger partial charge is 0.378 e. The first-order valence-electron chi connectivity index (χ1n) is 9.28. The van der Waals surface area contributed by atoms with Gasteiger partial charge in [-0.2, -0.15) is 0 Å². The molecule has 1 N–H and O–H groups in total. The zero-order chi connectivity index (χ0) is 17.9. The van der Waals surface area contributed by atoms with Crippen LogP contribution in [0.2, 0.25) is 0 Å². The molecular formula is C19H24N4O3. The summed E-state index contributed by atoms with van der Waals surface area (Å²) in [5.74, 6) is -0.179. The Morgan fingerprint density at radius 1 is 1.19 bits per heavy atom. The molecule has 0 unspecified atom stereocenters. The number of benzene rings is 1. The van der Waals surface area contributed by atoms with Crippen LogP contribution in [0.15, 0.2) is 35.4 Å². The van der Waals surface area contributed by atoms with Crippen LogP contribution in [0.3, 0.4) is 0 Å². The molecule has 0 aliphatic carbocycles. The van der Waals surface area contributed by atoms with Gasteiger partial charge in [0.25, 0.3) is 5.56 Å². The molecule has 1 aromatic carbocycles. The Bertz CT molecular complexity index is 844. The zero-order valence-electron chi connectivity index (χ0n) is 14.8. The summed E-state index contributed by atoms with van der Waals surface area (Å²) in [5, 5.41) is 3.58.